The first kappa shape index (κ1) is 14.6. The van der Waals surface area contributed by atoms with Crippen molar-refractivity contribution in [2.24, 2.45) is 0 Å². The van der Waals surface area contributed by atoms with Gasteiger partial charge in [-0.25, -0.2) is 0 Å². The Hall–Kier alpha value is -1.36. The molecule has 2 aliphatic rings. The summed E-state index contributed by atoms with van der Waals surface area (Å²) < 4.78 is 1.98. The molecule has 0 radical (unpaired) electrons. The zero-order valence-corrected chi connectivity index (χ0v) is 13.2. The zero-order valence-electron chi connectivity index (χ0n) is 13.2. The zero-order chi connectivity index (χ0) is 14.9. The van der Waals surface area contributed by atoms with E-state index >= 15 is 0 Å². The maximum atomic E-state index is 11.9. The lowest BCUT2D eigenvalue weighted by Gasteiger charge is -2.35. The largest absolute Gasteiger partial charge is 0.340 e. The van der Waals surface area contributed by atoms with Crippen LogP contribution in [0.3, 0.4) is 0 Å². The van der Waals surface area contributed by atoms with Gasteiger partial charge in [0.1, 0.15) is 0 Å². The van der Waals surface area contributed by atoms with Crippen LogP contribution in [0.15, 0.2) is 12.4 Å². The van der Waals surface area contributed by atoms with Crippen LogP contribution in [-0.4, -0.2) is 51.2 Å². The smallest absolute Gasteiger partial charge is 0.222 e. The topological polar surface area (TPSA) is 41.4 Å². The minimum Gasteiger partial charge on any atom is -0.340 e. The molecule has 1 amide bonds. The molecule has 3 rings (SSSR count). The van der Waals surface area contributed by atoms with Gasteiger partial charge in [-0.15, -0.1) is 0 Å². The second-order valence-electron chi connectivity index (χ2n) is 6.51. The standard InChI is InChI=1S/C16H26N4O/c1-3-20-13-14(11-17-20)12-19-9-4-6-16(8-10-19)7-5-15(21)18(16)2/h11,13H,3-10,12H2,1-2H3/t16-/m1/s1. The van der Waals surface area contributed by atoms with E-state index in [9.17, 15) is 4.79 Å². The highest BCUT2D eigenvalue weighted by Crippen LogP contribution is 2.38. The Morgan fingerprint density at radius 2 is 2.14 bits per heavy atom. The van der Waals surface area contributed by atoms with Gasteiger partial charge >= 0.3 is 0 Å². The van der Waals surface area contributed by atoms with Crippen molar-refractivity contribution in [3.8, 4) is 0 Å². The molecule has 1 aromatic rings. The third-order valence-corrected chi connectivity index (χ3v) is 5.32. The summed E-state index contributed by atoms with van der Waals surface area (Å²) in [6.45, 7) is 6.22. The highest BCUT2D eigenvalue weighted by Gasteiger charge is 2.43. The predicted octanol–water partition coefficient (Wildman–Crippen LogP) is 1.88. The number of carbonyl (C=O) groups is 1. The molecule has 0 aliphatic carbocycles. The lowest BCUT2D eigenvalue weighted by Crippen LogP contribution is -2.43. The van der Waals surface area contributed by atoms with Crippen LogP contribution in [0, 0.1) is 0 Å². The van der Waals surface area contributed by atoms with Crippen molar-refractivity contribution in [3.05, 3.63) is 18.0 Å². The highest BCUT2D eigenvalue weighted by molar-refractivity contribution is 5.79. The second-order valence-corrected chi connectivity index (χ2v) is 6.51. The molecule has 0 aromatic carbocycles. The van der Waals surface area contributed by atoms with Gasteiger partial charge in [-0.3, -0.25) is 14.4 Å². The number of carbonyl (C=O) groups excluding carboxylic acids is 1. The van der Waals surface area contributed by atoms with E-state index in [1.54, 1.807) is 0 Å². The molecular weight excluding hydrogens is 264 g/mol. The number of nitrogens with zero attached hydrogens (tertiary/aromatic N) is 4. The summed E-state index contributed by atoms with van der Waals surface area (Å²) in [6, 6.07) is 0. The fourth-order valence-electron chi connectivity index (χ4n) is 3.84. The lowest BCUT2D eigenvalue weighted by atomic mass is 9.88. The Bertz CT molecular complexity index is 512. The van der Waals surface area contributed by atoms with Crippen molar-refractivity contribution in [1.29, 1.82) is 0 Å². The summed E-state index contributed by atoms with van der Waals surface area (Å²) in [5.41, 5.74) is 1.43. The number of hydrogen-bond acceptors (Lipinski definition) is 3. The Morgan fingerprint density at radius 1 is 1.29 bits per heavy atom. The molecule has 3 heterocycles. The first-order valence-electron chi connectivity index (χ1n) is 8.13. The van der Waals surface area contributed by atoms with Crippen molar-refractivity contribution < 1.29 is 4.79 Å². The van der Waals surface area contributed by atoms with Crippen molar-refractivity contribution in [3.63, 3.8) is 0 Å². The molecule has 0 saturated carbocycles. The van der Waals surface area contributed by atoms with Crippen LogP contribution in [0.25, 0.3) is 0 Å². The van der Waals surface area contributed by atoms with Gasteiger partial charge in [0.15, 0.2) is 0 Å². The molecule has 21 heavy (non-hydrogen) atoms. The number of hydrogen-bond donors (Lipinski definition) is 0. The van der Waals surface area contributed by atoms with Gasteiger partial charge in [0.25, 0.3) is 0 Å². The second kappa shape index (κ2) is 5.79. The summed E-state index contributed by atoms with van der Waals surface area (Å²) >= 11 is 0. The van der Waals surface area contributed by atoms with E-state index in [4.69, 9.17) is 0 Å². The maximum Gasteiger partial charge on any atom is 0.222 e. The van der Waals surface area contributed by atoms with Gasteiger partial charge in [-0.1, -0.05) is 0 Å². The van der Waals surface area contributed by atoms with E-state index in [1.165, 1.54) is 12.0 Å². The Kier molecular flexibility index (Phi) is 4.02. The molecule has 1 atom stereocenters. The predicted molar refractivity (Wildman–Crippen MR) is 81.8 cm³/mol. The maximum absolute atomic E-state index is 11.9. The van der Waals surface area contributed by atoms with Gasteiger partial charge in [0.05, 0.1) is 6.20 Å². The quantitative estimate of drug-likeness (QED) is 0.853. The van der Waals surface area contributed by atoms with Crippen LogP contribution in [-0.2, 0) is 17.9 Å². The highest BCUT2D eigenvalue weighted by atomic mass is 16.2. The molecule has 1 aromatic heterocycles. The first-order chi connectivity index (χ1) is 10.1. The van der Waals surface area contributed by atoms with Crippen molar-refractivity contribution >= 4 is 5.91 Å². The number of aromatic nitrogens is 2. The van der Waals surface area contributed by atoms with Crippen LogP contribution < -0.4 is 0 Å². The third-order valence-electron chi connectivity index (χ3n) is 5.32. The molecule has 2 fully saturated rings. The summed E-state index contributed by atoms with van der Waals surface area (Å²) in [4.78, 5) is 16.4. The van der Waals surface area contributed by atoms with Gasteiger partial charge in [0, 0.05) is 50.4 Å². The van der Waals surface area contributed by atoms with E-state index in [1.807, 2.05) is 22.8 Å². The van der Waals surface area contributed by atoms with Crippen LogP contribution in [0.2, 0.25) is 0 Å². The van der Waals surface area contributed by atoms with Crippen molar-refractivity contribution in [2.75, 3.05) is 20.1 Å². The molecule has 0 N–H and O–H groups in total. The number of aryl methyl sites for hydroxylation is 1. The minimum absolute atomic E-state index is 0.138. The Labute approximate surface area is 126 Å². The number of amides is 1. The van der Waals surface area contributed by atoms with E-state index in [2.05, 4.69) is 23.1 Å². The minimum atomic E-state index is 0.138. The molecule has 116 valence electrons. The van der Waals surface area contributed by atoms with Crippen molar-refractivity contribution in [1.82, 2.24) is 19.6 Å². The van der Waals surface area contributed by atoms with E-state index < -0.39 is 0 Å². The average molecular weight is 290 g/mol. The molecule has 0 unspecified atom stereocenters. The Morgan fingerprint density at radius 3 is 2.81 bits per heavy atom. The van der Waals surface area contributed by atoms with Gasteiger partial charge < -0.3 is 4.90 Å². The summed E-state index contributed by atoms with van der Waals surface area (Å²) in [5, 5.41) is 4.35. The molecule has 5 nitrogen and oxygen atoms in total. The monoisotopic (exact) mass is 290 g/mol. The molecule has 0 bridgehead atoms. The van der Waals surface area contributed by atoms with Crippen LogP contribution in [0.4, 0.5) is 0 Å². The first-order valence-corrected chi connectivity index (χ1v) is 8.13. The van der Waals surface area contributed by atoms with E-state index in [0.717, 1.165) is 51.9 Å². The van der Waals surface area contributed by atoms with Gasteiger partial charge in [0.2, 0.25) is 5.91 Å². The van der Waals surface area contributed by atoms with E-state index in [-0.39, 0.29) is 5.54 Å². The number of rotatable bonds is 3. The normalized spacial score (nSPS) is 27.5. The fraction of sp³-hybridized carbons (Fsp3) is 0.750. The molecule has 1 spiro atoms. The number of likely N-dealkylation sites (tertiary alicyclic amines) is 2. The van der Waals surface area contributed by atoms with Gasteiger partial charge in [-0.2, -0.15) is 5.10 Å². The summed E-state index contributed by atoms with van der Waals surface area (Å²) in [5.74, 6) is 0.327. The molecule has 2 saturated heterocycles. The Balaban J connectivity index is 1.62. The van der Waals surface area contributed by atoms with E-state index in [0.29, 0.717) is 5.91 Å². The van der Waals surface area contributed by atoms with Crippen LogP contribution in [0.5, 0.6) is 0 Å². The van der Waals surface area contributed by atoms with Crippen LogP contribution >= 0.6 is 0 Å². The summed E-state index contributed by atoms with van der Waals surface area (Å²) in [7, 11) is 2.00. The molecule has 5 heteroatoms. The summed E-state index contributed by atoms with van der Waals surface area (Å²) in [6.07, 6.45) is 9.35. The fourth-order valence-corrected chi connectivity index (χ4v) is 3.84. The average Bonchev–Trinajstić information content (AvgIpc) is 2.97. The SMILES string of the molecule is CCn1cc(CN2CCC[C@@]3(CCC(=O)N3C)CC2)cn1. The molecule has 2 aliphatic heterocycles. The van der Waals surface area contributed by atoms with Crippen LogP contribution in [0.1, 0.15) is 44.6 Å². The van der Waals surface area contributed by atoms with Crippen molar-refractivity contribution in [2.45, 2.75) is 57.7 Å². The lowest BCUT2D eigenvalue weighted by molar-refractivity contribution is -0.129. The van der Waals surface area contributed by atoms with Gasteiger partial charge in [-0.05, 0) is 39.2 Å². The third kappa shape index (κ3) is 2.84. The molecular formula is C16H26N4O.